The van der Waals surface area contributed by atoms with Crippen molar-refractivity contribution in [1.82, 2.24) is 4.90 Å². The fourth-order valence-electron chi connectivity index (χ4n) is 1.60. The van der Waals surface area contributed by atoms with Gasteiger partial charge in [0.15, 0.2) is 0 Å². The second kappa shape index (κ2) is 4.75. The fourth-order valence-corrected chi connectivity index (χ4v) is 1.60. The van der Waals surface area contributed by atoms with Gasteiger partial charge in [0.2, 0.25) is 5.91 Å². The lowest BCUT2D eigenvalue weighted by Crippen LogP contribution is -2.46. The molecule has 0 aromatic carbocycles. The van der Waals surface area contributed by atoms with E-state index in [0.717, 1.165) is 0 Å². The van der Waals surface area contributed by atoms with Crippen molar-refractivity contribution in [3.63, 3.8) is 0 Å². The monoisotopic (exact) mass is 200 g/mol. The number of hydrogen-bond donors (Lipinski definition) is 2. The summed E-state index contributed by atoms with van der Waals surface area (Å²) in [5.74, 6) is -0.00265. The molecule has 2 unspecified atom stereocenters. The summed E-state index contributed by atoms with van der Waals surface area (Å²) < 4.78 is 0. The molecule has 1 aliphatic rings. The average molecular weight is 200 g/mol. The summed E-state index contributed by atoms with van der Waals surface area (Å²) in [4.78, 5) is 13.6. The SMILES string of the molecule is CC(N)C(C)C(=O)N1CCC(O)CC1. The Hall–Kier alpha value is -0.610. The maximum Gasteiger partial charge on any atom is 0.226 e. The summed E-state index contributed by atoms with van der Waals surface area (Å²) in [7, 11) is 0. The van der Waals surface area contributed by atoms with E-state index < -0.39 is 0 Å². The van der Waals surface area contributed by atoms with Gasteiger partial charge in [-0.15, -0.1) is 0 Å². The molecule has 1 aliphatic heterocycles. The molecule has 14 heavy (non-hydrogen) atoms. The number of rotatable bonds is 2. The topological polar surface area (TPSA) is 66.6 Å². The summed E-state index contributed by atoms with van der Waals surface area (Å²) in [6.07, 6.45) is 1.15. The van der Waals surface area contributed by atoms with E-state index in [1.165, 1.54) is 0 Å². The Morgan fingerprint density at radius 1 is 1.43 bits per heavy atom. The zero-order chi connectivity index (χ0) is 10.7. The lowest BCUT2D eigenvalue weighted by Gasteiger charge is -2.32. The summed E-state index contributed by atoms with van der Waals surface area (Å²) in [5, 5.41) is 9.29. The second-order valence-corrected chi connectivity index (χ2v) is 4.20. The van der Waals surface area contributed by atoms with E-state index >= 15 is 0 Å². The maximum atomic E-state index is 11.8. The van der Waals surface area contributed by atoms with Gasteiger partial charge in [0.25, 0.3) is 0 Å². The van der Waals surface area contributed by atoms with Gasteiger partial charge < -0.3 is 15.7 Å². The van der Waals surface area contributed by atoms with Gasteiger partial charge in [-0.05, 0) is 19.8 Å². The van der Waals surface area contributed by atoms with E-state index in [0.29, 0.717) is 25.9 Å². The normalized spacial score (nSPS) is 23.3. The molecular weight excluding hydrogens is 180 g/mol. The van der Waals surface area contributed by atoms with E-state index in [4.69, 9.17) is 5.73 Å². The van der Waals surface area contributed by atoms with Gasteiger partial charge in [-0.3, -0.25) is 4.79 Å². The minimum atomic E-state index is -0.232. The highest BCUT2D eigenvalue weighted by Crippen LogP contribution is 2.14. The molecular formula is C10H20N2O2. The third-order valence-electron chi connectivity index (χ3n) is 2.95. The molecule has 3 N–H and O–H groups in total. The largest absolute Gasteiger partial charge is 0.393 e. The first-order valence-corrected chi connectivity index (χ1v) is 5.24. The molecule has 2 atom stereocenters. The third kappa shape index (κ3) is 2.69. The third-order valence-corrected chi connectivity index (χ3v) is 2.95. The zero-order valence-electron chi connectivity index (χ0n) is 8.94. The van der Waals surface area contributed by atoms with Gasteiger partial charge in [-0.1, -0.05) is 6.92 Å². The summed E-state index contributed by atoms with van der Waals surface area (Å²) >= 11 is 0. The number of nitrogens with two attached hydrogens (primary N) is 1. The van der Waals surface area contributed by atoms with Crippen LogP contribution >= 0.6 is 0 Å². The Kier molecular flexibility index (Phi) is 3.89. The Balaban J connectivity index is 2.45. The maximum absolute atomic E-state index is 11.8. The molecule has 0 radical (unpaired) electrons. The molecule has 1 amide bonds. The van der Waals surface area contributed by atoms with Crippen molar-refractivity contribution < 1.29 is 9.90 Å². The van der Waals surface area contributed by atoms with Gasteiger partial charge in [0, 0.05) is 19.1 Å². The van der Waals surface area contributed by atoms with Gasteiger partial charge in [-0.2, -0.15) is 0 Å². The van der Waals surface area contributed by atoms with Crippen LogP contribution in [0.15, 0.2) is 0 Å². The van der Waals surface area contributed by atoms with Crippen LogP contribution in [0.25, 0.3) is 0 Å². The number of carbonyl (C=O) groups is 1. The molecule has 0 saturated carbocycles. The van der Waals surface area contributed by atoms with Crippen molar-refractivity contribution in [3.8, 4) is 0 Å². The molecule has 1 saturated heterocycles. The van der Waals surface area contributed by atoms with Gasteiger partial charge in [0.1, 0.15) is 0 Å². The van der Waals surface area contributed by atoms with Crippen LogP contribution in [0.1, 0.15) is 26.7 Å². The number of amides is 1. The number of hydrogen-bond acceptors (Lipinski definition) is 3. The average Bonchev–Trinajstić information content (AvgIpc) is 2.16. The molecule has 0 aromatic rings. The van der Waals surface area contributed by atoms with Crippen molar-refractivity contribution in [2.45, 2.75) is 38.8 Å². The van der Waals surface area contributed by atoms with Crippen LogP contribution < -0.4 is 5.73 Å². The van der Waals surface area contributed by atoms with Crippen LogP contribution in [0.3, 0.4) is 0 Å². The fraction of sp³-hybridized carbons (Fsp3) is 0.900. The predicted octanol–water partition coefficient (Wildman–Crippen LogP) is -0.0470. The van der Waals surface area contributed by atoms with Crippen LogP contribution in [0.4, 0.5) is 0 Å². The molecule has 82 valence electrons. The predicted molar refractivity (Wildman–Crippen MR) is 54.6 cm³/mol. The number of aliphatic hydroxyl groups excluding tert-OH is 1. The van der Waals surface area contributed by atoms with Crippen LogP contribution in [-0.4, -0.2) is 41.1 Å². The number of aliphatic hydroxyl groups is 1. The molecule has 1 rings (SSSR count). The standard InChI is InChI=1S/C10H20N2O2/c1-7(8(2)11)10(14)12-5-3-9(13)4-6-12/h7-9,13H,3-6,11H2,1-2H3. The van der Waals surface area contributed by atoms with Gasteiger partial charge in [-0.25, -0.2) is 0 Å². The first-order chi connectivity index (χ1) is 6.52. The second-order valence-electron chi connectivity index (χ2n) is 4.20. The molecule has 0 bridgehead atoms. The number of nitrogens with zero attached hydrogens (tertiary/aromatic N) is 1. The summed E-state index contributed by atoms with van der Waals surface area (Å²) in [5.41, 5.74) is 5.67. The summed E-state index contributed by atoms with van der Waals surface area (Å²) in [6.45, 7) is 5.04. The Morgan fingerprint density at radius 2 is 1.93 bits per heavy atom. The Labute approximate surface area is 85.1 Å². The van der Waals surface area contributed by atoms with Crippen molar-refractivity contribution in [3.05, 3.63) is 0 Å². The Morgan fingerprint density at radius 3 is 2.36 bits per heavy atom. The molecule has 1 heterocycles. The van der Waals surface area contributed by atoms with Crippen LogP contribution in [-0.2, 0) is 4.79 Å². The van der Waals surface area contributed by atoms with Crippen molar-refractivity contribution in [2.75, 3.05) is 13.1 Å². The van der Waals surface area contributed by atoms with Crippen LogP contribution in [0, 0.1) is 5.92 Å². The first-order valence-electron chi connectivity index (χ1n) is 5.24. The Bertz CT molecular complexity index is 198. The molecule has 0 aromatic heterocycles. The van der Waals surface area contributed by atoms with Crippen LogP contribution in [0.2, 0.25) is 0 Å². The van der Waals surface area contributed by atoms with Gasteiger partial charge >= 0.3 is 0 Å². The van der Waals surface area contributed by atoms with Crippen molar-refractivity contribution in [2.24, 2.45) is 11.7 Å². The summed E-state index contributed by atoms with van der Waals surface area (Å²) in [6, 6.07) is -0.102. The molecule has 1 fully saturated rings. The molecule has 0 spiro atoms. The van der Waals surface area contributed by atoms with Crippen LogP contribution in [0.5, 0.6) is 0 Å². The van der Waals surface area contributed by atoms with E-state index in [2.05, 4.69) is 0 Å². The first kappa shape index (κ1) is 11.5. The van der Waals surface area contributed by atoms with E-state index in [-0.39, 0.29) is 24.0 Å². The highest BCUT2D eigenvalue weighted by molar-refractivity contribution is 5.79. The molecule has 4 nitrogen and oxygen atoms in total. The smallest absolute Gasteiger partial charge is 0.226 e. The molecule has 0 aliphatic carbocycles. The quantitative estimate of drug-likeness (QED) is 0.657. The minimum Gasteiger partial charge on any atom is -0.393 e. The van der Waals surface area contributed by atoms with Crippen molar-refractivity contribution >= 4 is 5.91 Å². The minimum absolute atomic E-state index is 0.102. The van der Waals surface area contributed by atoms with E-state index in [9.17, 15) is 9.90 Å². The number of carbonyl (C=O) groups excluding carboxylic acids is 1. The van der Waals surface area contributed by atoms with Gasteiger partial charge in [0.05, 0.1) is 12.0 Å². The number of likely N-dealkylation sites (tertiary alicyclic amines) is 1. The highest BCUT2D eigenvalue weighted by atomic mass is 16.3. The lowest BCUT2D eigenvalue weighted by atomic mass is 10.0. The highest BCUT2D eigenvalue weighted by Gasteiger charge is 2.26. The van der Waals surface area contributed by atoms with Crippen molar-refractivity contribution in [1.29, 1.82) is 0 Å². The van der Waals surface area contributed by atoms with E-state index in [1.54, 1.807) is 4.90 Å². The number of piperidine rings is 1. The lowest BCUT2D eigenvalue weighted by molar-refractivity contribution is -0.137. The molecule has 4 heteroatoms. The zero-order valence-corrected chi connectivity index (χ0v) is 8.94. The van der Waals surface area contributed by atoms with E-state index in [1.807, 2.05) is 13.8 Å².